The Hall–Kier alpha value is -1.55. The van der Waals surface area contributed by atoms with Crippen LogP contribution >= 0.6 is 0 Å². The average molecular weight is 291 g/mol. The monoisotopic (exact) mass is 291 g/mol. The van der Waals surface area contributed by atoms with E-state index in [9.17, 15) is 9.90 Å². The number of nitrogens with zero attached hydrogens (tertiary/aromatic N) is 1. The lowest BCUT2D eigenvalue weighted by Crippen LogP contribution is -2.36. The topological polar surface area (TPSA) is 49.8 Å². The van der Waals surface area contributed by atoms with Gasteiger partial charge in [0.2, 0.25) is 0 Å². The van der Waals surface area contributed by atoms with Crippen molar-refractivity contribution >= 4 is 5.91 Å². The number of amides is 1. The number of aryl methyl sites for hydroxylation is 2. The molecule has 1 aromatic rings. The van der Waals surface area contributed by atoms with Gasteiger partial charge in [0.1, 0.15) is 5.75 Å². The van der Waals surface area contributed by atoms with Crippen LogP contribution in [0.25, 0.3) is 0 Å². The first-order valence-corrected chi connectivity index (χ1v) is 7.57. The van der Waals surface area contributed by atoms with E-state index in [1.165, 1.54) is 0 Å². The molecule has 1 N–H and O–H groups in total. The van der Waals surface area contributed by atoms with Crippen LogP contribution in [0.1, 0.15) is 37.3 Å². The molecule has 1 heterocycles. The quantitative estimate of drug-likeness (QED) is 0.930. The summed E-state index contributed by atoms with van der Waals surface area (Å²) in [5.74, 6) is 0.731. The van der Waals surface area contributed by atoms with Gasteiger partial charge >= 0.3 is 0 Å². The van der Waals surface area contributed by atoms with Gasteiger partial charge in [0.25, 0.3) is 5.91 Å². The Labute approximate surface area is 126 Å². The van der Waals surface area contributed by atoms with E-state index in [1.807, 2.05) is 32.9 Å². The van der Waals surface area contributed by atoms with Gasteiger partial charge in [-0.1, -0.05) is 6.07 Å². The van der Waals surface area contributed by atoms with Gasteiger partial charge in [-0.2, -0.15) is 0 Å². The summed E-state index contributed by atoms with van der Waals surface area (Å²) in [6.45, 7) is 7.22. The molecule has 1 amide bonds. The van der Waals surface area contributed by atoms with Crippen molar-refractivity contribution in [3.63, 3.8) is 0 Å². The fourth-order valence-corrected chi connectivity index (χ4v) is 2.77. The normalized spacial score (nSPS) is 22.8. The number of carbonyl (C=O) groups excluding carboxylic acids is 1. The first kappa shape index (κ1) is 15.8. The van der Waals surface area contributed by atoms with Crippen molar-refractivity contribution in [1.29, 1.82) is 0 Å². The Morgan fingerprint density at radius 2 is 1.90 bits per heavy atom. The lowest BCUT2D eigenvalue weighted by atomic mass is 9.98. The number of likely N-dealkylation sites (tertiary alicyclic amines) is 1. The molecule has 0 saturated carbocycles. The van der Waals surface area contributed by atoms with Gasteiger partial charge in [0.15, 0.2) is 6.61 Å². The van der Waals surface area contributed by atoms with Crippen molar-refractivity contribution in [2.24, 2.45) is 0 Å². The molecule has 1 aliphatic heterocycles. The molecule has 4 heteroatoms. The van der Waals surface area contributed by atoms with Crippen molar-refractivity contribution in [1.82, 2.24) is 4.90 Å². The maximum absolute atomic E-state index is 12.2. The minimum Gasteiger partial charge on any atom is -0.484 e. The second-order valence-electron chi connectivity index (χ2n) is 6.34. The van der Waals surface area contributed by atoms with E-state index in [2.05, 4.69) is 6.07 Å². The standard InChI is InChI=1S/C17H25NO3/c1-13-9-14(2)11-15(10-13)21-12-16(19)18-7-4-5-17(3,20)6-8-18/h9-11,20H,4-8,12H2,1-3H3. The van der Waals surface area contributed by atoms with Gasteiger partial charge in [0, 0.05) is 13.1 Å². The van der Waals surface area contributed by atoms with Crippen LogP contribution in [-0.4, -0.2) is 41.2 Å². The molecular formula is C17H25NO3. The number of carbonyl (C=O) groups is 1. The maximum Gasteiger partial charge on any atom is 0.260 e. The van der Waals surface area contributed by atoms with E-state index in [0.29, 0.717) is 19.5 Å². The molecule has 0 aromatic heterocycles. The van der Waals surface area contributed by atoms with E-state index in [4.69, 9.17) is 4.74 Å². The smallest absolute Gasteiger partial charge is 0.260 e. The van der Waals surface area contributed by atoms with Crippen molar-refractivity contribution in [2.75, 3.05) is 19.7 Å². The van der Waals surface area contributed by atoms with E-state index >= 15 is 0 Å². The van der Waals surface area contributed by atoms with Crippen molar-refractivity contribution in [3.05, 3.63) is 29.3 Å². The maximum atomic E-state index is 12.2. The molecule has 4 nitrogen and oxygen atoms in total. The Morgan fingerprint density at radius 3 is 2.57 bits per heavy atom. The molecular weight excluding hydrogens is 266 g/mol. The molecule has 21 heavy (non-hydrogen) atoms. The summed E-state index contributed by atoms with van der Waals surface area (Å²) in [6, 6.07) is 5.95. The summed E-state index contributed by atoms with van der Waals surface area (Å²) in [6.07, 6.45) is 2.21. The zero-order chi connectivity index (χ0) is 15.5. The molecule has 116 valence electrons. The molecule has 0 spiro atoms. The molecule has 1 saturated heterocycles. The minimum absolute atomic E-state index is 0.00754. The second kappa shape index (κ2) is 6.48. The Balaban J connectivity index is 1.89. The number of rotatable bonds is 3. The Morgan fingerprint density at radius 1 is 1.24 bits per heavy atom. The zero-order valence-electron chi connectivity index (χ0n) is 13.2. The van der Waals surface area contributed by atoms with E-state index < -0.39 is 5.60 Å². The van der Waals surface area contributed by atoms with Crippen LogP contribution in [0.2, 0.25) is 0 Å². The summed E-state index contributed by atoms with van der Waals surface area (Å²) < 4.78 is 5.62. The van der Waals surface area contributed by atoms with Gasteiger partial charge in [-0.15, -0.1) is 0 Å². The van der Waals surface area contributed by atoms with E-state index in [1.54, 1.807) is 4.90 Å². The summed E-state index contributed by atoms with van der Waals surface area (Å²) in [5.41, 5.74) is 1.61. The fraction of sp³-hybridized carbons (Fsp3) is 0.588. The molecule has 2 rings (SSSR count). The van der Waals surface area contributed by atoms with Crippen LogP contribution in [0.15, 0.2) is 18.2 Å². The van der Waals surface area contributed by atoms with E-state index in [-0.39, 0.29) is 12.5 Å². The van der Waals surface area contributed by atoms with Crippen LogP contribution in [0.5, 0.6) is 5.75 Å². The average Bonchev–Trinajstić information content (AvgIpc) is 2.56. The summed E-state index contributed by atoms with van der Waals surface area (Å²) in [4.78, 5) is 14.0. The molecule has 0 aliphatic carbocycles. The number of ether oxygens (including phenoxy) is 1. The predicted molar refractivity (Wildman–Crippen MR) is 82.5 cm³/mol. The highest BCUT2D eigenvalue weighted by Crippen LogP contribution is 2.21. The van der Waals surface area contributed by atoms with Gasteiger partial charge < -0.3 is 14.7 Å². The van der Waals surface area contributed by atoms with Gasteiger partial charge in [-0.05, 0) is 63.3 Å². The lowest BCUT2D eigenvalue weighted by molar-refractivity contribution is -0.133. The molecule has 1 aromatic carbocycles. The Kier molecular flexibility index (Phi) is 4.88. The van der Waals surface area contributed by atoms with Gasteiger partial charge in [0.05, 0.1) is 5.60 Å². The highest BCUT2D eigenvalue weighted by molar-refractivity contribution is 5.77. The van der Waals surface area contributed by atoms with Crippen LogP contribution in [-0.2, 0) is 4.79 Å². The third-order valence-corrected chi connectivity index (χ3v) is 3.97. The first-order valence-electron chi connectivity index (χ1n) is 7.57. The molecule has 0 radical (unpaired) electrons. The molecule has 1 atom stereocenters. The summed E-state index contributed by atoms with van der Waals surface area (Å²) in [7, 11) is 0. The Bertz CT molecular complexity index is 491. The number of aliphatic hydroxyl groups is 1. The number of benzene rings is 1. The third-order valence-electron chi connectivity index (χ3n) is 3.97. The lowest BCUT2D eigenvalue weighted by Gasteiger charge is -2.22. The zero-order valence-corrected chi connectivity index (χ0v) is 13.2. The minimum atomic E-state index is -0.649. The molecule has 1 fully saturated rings. The van der Waals surface area contributed by atoms with Crippen LogP contribution in [0.3, 0.4) is 0 Å². The number of hydrogen-bond donors (Lipinski definition) is 1. The largest absolute Gasteiger partial charge is 0.484 e. The van der Waals surface area contributed by atoms with Crippen molar-refractivity contribution in [2.45, 2.75) is 45.6 Å². The fourth-order valence-electron chi connectivity index (χ4n) is 2.77. The first-order chi connectivity index (χ1) is 9.85. The molecule has 1 aliphatic rings. The predicted octanol–water partition coefficient (Wildman–Crippen LogP) is 2.45. The highest BCUT2D eigenvalue weighted by Gasteiger charge is 2.27. The van der Waals surface area contributed by atoms with Crippen LogP contribution in [0, 0.1) is 13.8 Å². The third kappa shape index (κ3) is 4.74. The van der Waals surface area contributed by atoms with Gasteiger partial charge in [-0.25, -0.2) is 0 Å². The highest BCUT2D eigenvalue weighted by atomic mass is 16.5. The molecule has 1 unspecified atom stereocenters. The van der Waals surface area contributed by atoms with Crippen LogP contribution in [0.4, 0.5) is 0 Å². The van der Waals surface area contributed by atoms with Crippen molar-refractivity contribution < 1.29 is 14.6 Å². The number of hydrogen-bond acceptors (Lipinski definition) is 3. The summed E-state index contributed by atoms with van der Waals surface area (Å²) in [5, 5.41) is 10.1. The second-order valence-corrected chi connectivity index (χ2v) is 6.34. The van der Waals surface area contributed by atoms with Crippen molar-refractivity contribution in [3.8, 4) is 5.75 Å². The van der Waals surface area contributed by atoms with Gasteiger partial charge in [-0.3, -0.25) is 4.79 Å². The molecule has 0 bridgehead atoms. The van der Waals surface area contributed by atoms with E-state index in [0.717, 1.165) is 29.7 Å². The SMILES string of the molecule is Cc1cc(C)cc(OCC(=O)N2CCCC(C)(O)CC2)c1. The summed E-state index contributed by atoms with van der Waals surface area (Å²) >= 11 is 0. The van der Waals surface area contributed by atoms with Crippen LogP contribution < -0.4 is 4.74 Å².